The molecule has 0 aliphatic rings. The molecule has 0 saturated carbocycles. The molecule has 0 saturated heterocycles. The Morgan fingerprint density at radius 2 is 2.35 bits per heavy atom. The zero-order valence-corrected chi connectivity index (χ0v) is 8.61. The smallest absolute Gasteiger partial charge is 0.329 e. The monoisotopic (exact) mass is 236 g/mol. The summed E-state index contributed by atoms with van der Waals surface area (Å²) in [6.07, 6.45) is 4.53. The molecular weight excluding hydrogens is 228 g/mol. The first-order chi connectivity index (χ1) is 8.25. The van der Waals surface area contributed by atoms with Crippen LogP contribution in [0.15, 0.2) is 23.1 Å². The summed E-state index contributed by atoms with van der Waals surface area (Å²) in [5.41, 5.74) is 0.473. The lowest BCUT2D eigenvalue weighted by Crippen LogP contribution is -2.06. The molecule has 0 spiro atoms. The third kappa shape index (κ3) is 3.05. The largest absolute Gasteiger partial charge is 0.480 e. The van der Waals surface area contributed by atoms with E-state index >= 15 is 0 Å². The van der Waals surface area contributed by atoms with Crippen molar-refractivity contribution in [2.75, 3.05) is 6.61 Å². The van der Waals surface area contributed by atoms with Crippen LogP contribution in [0.1, 0.15) is 5.89 Å². The summed E-state index contributed by atoms with van der Waals surface area (Å²) in [6.45, 7) is -0.470. The first kappa shape index (κ1) is 11.1. The Labute approximate surface area is 95.3 Å². The van der Waals surface area contributed by atoms with Crippen LogP contribution in [0, 0.1) is 0 Å². The van der Waals surface area contributed by atoms with E-state index in [9.17, 15) is 4.79 Å². The van der Waals surface area contributed by atoms with E-state index in [1.165, 1.54) is 18.6 Å². The van der Waals surface area contributed by atoms with Crippen LogP contribution >= 0.6 is 0 Å². The maximum absolute atomic E-state index is 10.2. The van der Waals surface area contributed by atoms with E-state index < -0.39 is 12.6 Å². The molecule has 0 atom stereocenters. The minimum absolute atomic E-state index is 0.0560. The Morgan fingerprint density at radius 3 is 3.06 bits per heavy atom. The van der Waals surface area contributed by atoms with Gasteiger partial charge in [-0.1, -0.05) is 5.16 Å². The molecule has 8 heteroatoms. The summed E-state index contributed by atoms with van der Waals surface area (Å²) in [6, 6.07) is 0. The third-order valence-electron chi connectivity index (χ3n) is 1.71. The van der Waals surface area contributed by atoms with Crippen LogP contribution in [0.3, 0.4) is 0 Å². The van der Waals surface area contributed by atoms with Gasteiger partial charge in [0.25, 0.3) is 5.89 Å². The number of hydrogen-bond acceptors (Lipinski definition) is 7. The Balaban J connectivity index is 1.99. The highest BCUT2D eigenvalue weighted by molar-refractivity contribution is 5.67. The van der Waals surface area contributed by atoms with Crippen molar-refractivity contribution >= 4 is 5.97 Å². The Morgan fingerprint density at radius 1 is 1.47 bits per heavy atom. The first-order valence-corrected chi connectivity index (χ1v) is 4.64. The normalized spacial score (nSPS) is 10.4. The lowest BCUT2D eigenvalue weighted by Gasteiger charge is -1.94. The molecule has 0 aromatic carbocycles. The number of nitrogens with zero attached hydrogens (tertiary/aromatic N) is 4. The van der Waals surface area contributed by atoms with Crippen LogP contribution in [0.2, 0.25) is 0 Å². The van der Waals surface area contributed by atoms with Crippen LogP contribution in [0.4, 0.5) is 0 Å². The van der Waals surface area contributed by atoms with Gasteiger partial charge in [-0.05, 0) is 0 Å². The molecule has 2 rings (SSSR count). The lowest BCUT2D eigenvalue weighted by molar-refractivity contribution is -0.142. The molecule has 0 fully saturated rings. The van der Waals surface area contributed by atoms with Crippen molar-refractivity contribution in [3.63, 3.8) is 0 Å². The highest BCUT2D eigenvalue weighted by Gasteiger charge is 2.10. The predicted octanol–water partition coefficient (Wildman–Crippen LogP) is 0.128. The van der Waals surface area contributed by atoms with E-state index in [1.807, 2.05) is 0 Å². The number of hydrogen-bond donors (Lipinski definition) is 1. The van der Waals surface area contributed by atoms with Gasteiger partial charge in [0.05, 0.1) is 6.20 Å². The van der Waals surface area contributed by atoms with E-state index in [0.29, 0.717) is 5.69 Å². The van der Waals surface area contributed by atoms with Crippen molar-refractivity contribution in [3.05, 3.63) is 24.5 Å². The SMILES string of the molecule is O=C(O)COCc1nc(-c2cnccn2)no1. The fourth-order valence-electron chi connectivity index (χ4n) is 1.06. The molecule has 0 aliphatic carbocycles. The molecule has 2 aromatic heterocycles. The van der Waals surface area contributed by atoms with E-state index in [0.717, 1.165) is 0 Å². The Kier molecular flexibility index (Phi) is 3.36. The van der Waals surface area contributed by atoms with Gasteiger partial charge in [-0.15, -0.1) is 0 Å². The summed E-state index contributed by atoms with van der Waals surface area (Å²) in [7, 11) is 0. The van der Waals surface area contributed by atoms with E-state index in [-0.39, 0.29) is 18.3 Å². The average molecular weight is 236 g/mol. The van der Waals surface area contributed by atoms with E-state index in [1.54, 1.807) is 0 Å². The van der Waals surface area contributed by atoms with Gasteiger partial charge in [0.15, 0.2) is 0 Å². The number of aliphatic carboxylic acids is 1. The summed E-state index contributed by atoms with van der Waals surface area (Å²) in [4.78, 5) is 22.0. The number of carboxylic acid groups (broad SMARTS) is 1. The predicted molar refractivity (Wildman–Crippen MR) is 52.6 cm³/mol. The van der Waals surface area contributed by atoms with Crippen LogP contribution in [-0.2, 0) is 16.1 Å². The number of carbonyl (C=O) groups is 1. The van der Waals surface area contributed by atoms with Gasteiger partial charge in [0, 0.05) is 12.4 Å². The molecule has 8 nitrogen and oxygen atoms in total. The second kappa shape index (κ2) is 5.12. The van der Waals surface area contributed by atoms with Crippen molar-refractivity contribution in [1.82, 2.24) is 20.1 Å². The molecule has 0 radical (unpaired) electrons. The second-order valence-electron chi connectivity index (χ2n) is 2.99. The van der Waals surface area contributed by atoms with E-state index in [2.05, 4.69) is 20.1 Å². The van der Waals surface area contributed by atoms with E-state index in [4.69, 9.17) is 14.4 Å². The van der Waals surface area contributed by atoms with Crippen LogP contribution < -0.4 is 0 Å². The third-order valence-corrected chi connectivity index (χ3v) is 1.71. The minimum atomic E-state index is -1.06. The number of aromatic nitrogens is 4. The molecule has 0 bridgehead atoms. The molecule has 2 heterocycles. The molecule has 2 aromatic rings. The first-order valence-electron chi connectivity index (χ1n) is 4.64. The molecule has 0 aliphatic heterocycles. The zero-order valence-electron chi connectivity index (χ0n) is 8.61. The Hall–Kier alpha value is -2.35. The van der Waals surface area contributed by atoms with Gasteiger partial charge in [-0.2, -0.15) is 4.98 Å². The minimum Gasteiger partial charge on any atom is -0.480 e. The summed E-state index contributed by atoms with van der Waals surface area (Å²) < 4.78 is 9.65. The highest BCUT2D eigenvalue weighted by Crippen LogP contribution is 2.10. The van der Waals surface area contributed by atoms with Gasteiger partial charge in [0.1, 0.15) is 18.9 Å². The van der Waals surface area contributed by atoms with Crippen molar-refractivity contribution < 1.29 is 19.2 Å². The molecule has 88 valence electrons. The van der Waals surface area contributed by atoms with Crippen molar-refractivity contribution in [2.45, 2.75) is 6.61 Å². The molecule has 1 N–H and O–H groups in total. The van der Waals surface area contributed by atoms with Gasteiger partial charge in [-0.3, -0.25) is 4.98 Å². The molecule has 0 amide bonds. The second-order valence-corrected chi connectivity index (χ2v) is 2.99. The standard InChI is InChI=1S/C9H8N4O4/c14-8(15)5-16-4-7-12-9(13-17-7)6-3-10-1-2-11-6/h1-3H,4-5H2,(H,14,15). The van der Waals surface area contributed by atoms with Gasteiger partial charge >= 0.3 is 5.97 Å². The van der Waals surface area contributed by atoms with Gasteiger partial charge in [-0.25, -0.2) is 9.78 Å². The fourth-order valence-corrected chi connectivity index (χ4v) is 1.06. The highest BCUT2D eigenvalue weighted by atomic mass is 16.5. The molecule has 17 heavy (non-hydrogen) atoms. The van der Waals surface area contributed by atoms with Gasteiger partial charge < -0.3 is 14.4 Å². The number of carboxylic acids is 1. The maximum atomic E-state index is 10.2. The summed E-state index contributed by atoms with van der Waals surface area (Å²) in [5.74, 6) is -0.586. The van der Waals surface area contributed by atoms with Crippen LogP contribution in [-0.4, -0.2) is 37.8 Å². The number of rotatable bonds is 5. The molecule has 0 unspecified atom stereocenters. The number of ether oxygens (including phenoxy) is 1. The lowest BCUT2D eigenvalue weighted by atomic mass is 10.4. The van der Waals surface area contributed by atoms with Crippen molar-refractivity contribution in [1.29, 1.82) is 0 Å². The van der Waals surface area contributed by atoms with Crippen molar-refractivity contribution in [2.24, 2.45) is 0 Å². The van der Waals surface area contributed by atoms with Crippen molar-refractivity contribution in [3.8, 4) is 11.5 Å². The summed E-state index contributed by atoms with van der Waals surface area (Å²) >= 11 is 0. The topological polar surface area (TPSA) is 111 Å². The maximum Gasteiger partial charge on any atom is 0.329 e. The zero-order chi connectivity index (χ0) is 12.1. The van der Waals surface area contributed by atoms with Crippen LogP contribution in [0.5, 0.6) is 0 Å². The molecular formula is C9H8N4O4. The van der Waals surface area contributed by atoms with Gasteiger partial charge in [0.2, 0.25) is 5.82 Å². The fraction of sp³-hybridized carbons (Fsp3) is 0.222. The van der Waals surface area contributed by atoms with Crippen LogP contribution in [0.25, 0.3) is 11.5 Å². The average Bonchev–Trinajstić information content (AvgIpc) is 2.78. The quantitative estimate of drug-likeness (QED) is 0.779. The summed E-state index contributed by atoms with van der Waals surface area (Å²) in [5, 5.41) is 12.0. The Bertz CT molecular complexity index is 499.